The van der Waals surface area contributed by atoms with Crippen LogP contribution in [-0.2, 0) is 37.5 Å². The number of nitrogens with two attached hydrogens (primary N) is 1. The van der Waals surface area contributed by atoms with Crippen LogP contribution >= 0.6 is 7.82 Å². The van der Waals surface area contributed by atoms with Gasteiger partial charge in [0.15, 0.2) is 6.10 Å². The molecule has 5 atom stereocenters. The first-order valence-electron chi connectivity index (χ1n) is 21.1. The van der Waals surface area contributed by atoms with E-state index in [9.17, 15) is 34.1 Å². The van der Waals surface area contributed by atoms with Gasteiger partial charge in [-0.25, -0.2) is 4.57 Å². The molecule has 0 aromatic rings. The number of carboxylic acid groups (broad SMARTS) is 1. The topological polar surface area (TPSA) is 212 Å². The zero-order chi connectivity index (χ0) is 44.5. The predicted octanol–water partition coefficient (Wildman–Crippen LogP) is 9.00. The predicted molar refractivity (Wildman–Crippen MR) is 238 cm³/mol. The van der Waals surface area contributed by atoms with Crippen molar-refractivity contribution in [1.82, 2.24) is 0 Å². The number of carbonyl (C=O) groups is 3. The Kier molecular flexibility index (Phi) is 36.6. The van der Waals surface area contributed by atoms with Crippen LogP contribution in [0.3, 0.4) is 0 Å². The van der Waals surface area contributed by atoms with Gasteiger partial charge >= 0.3 is 25.7 Å². The highest BCUT2D eigenvalue weighted by Crippen LogP contribution is 2.43. The number of phosphoric ester groups is 1. The van der Waals surface area contributed by atoms with Crippen LogP contribution in [0.2, 0.25) is 0 Å². The standard InChI is InChI=1S/C46H72NO12P/c1-3-5-7-9-11-13-15-17-18-19-20-21-23-25-27-29-31-35-45(51)59-40(38-57-60(54,55)58-39-41(47)46(52)53)37-56-44(50)36-32-34-43(49)42(48)33-30-28-26-24-22-16-14-12-10-8-6-4-2/h5-8,11-14,17-18,20-22,24-25,27-28,30,40-43,48-49H,3-4,9-10,15-16,19,23,26,29,31-39,47H2,1-2H3,(H,52,53)(H,54,55)/b7-5-,8-6-,13-11-,14-12-,18-17-,21-20-,24-22-,27-25-,30-28-/t40-,41+,42+,43+/m1/s1. The Balaban J connectivity index is 4.74. The maximum absolute atomic E-state index is 12.6. The van der Waals surface area contributed by atoms with E-state index in [2.05, 4.69) is 97.4 Å². The molecule has 0 saturated heterocycles. The Morgan fingerprint density at radius 1 is 0.583 bits per heavy atom. The van der Waals surface area contributed by atoms with Crippen LogP contribution in [0, 0.1) is 0 Å². The highest BCUT2D eigenvalue weighted by molar-refractivity contribution is 7.47. The summed E-state index contributed by atoms with van der Waals surface area (Å²) in [5, 5.41) is 29.5. The summed E-state index contributed by atoms with van der Waals surface area (Å²) in [6.07, 6.45) is 43.4. The van der Waals surface area contributed by atoms with Gasteiger partial charge in [-0.15, -0.1) is 0 Å². The quantitative estimate of drug-likeness (QED) is 0.0171. The number of esters is 2. The molecule has 0 aliphatic rings. The molecule has 0 aliphatic carbocycles. The smallest absolute Gasteiger partial charge is 0.472 e. The van der Waals surface area contributed by atoms with Crippen LogP contribution < -0.4 is 5.73 Å². The van der Waals surface area contributed by atoms with Crippen molar-refractivity contribution < 1.29 is 57.7 Å². The first-order chi connectivity index (χ1) is 28.9. The molecule has 0 aromatic heterocycles. The number of carbonyl (C=O) groups excluding carboxylic acids is 2. The maximum Gasteiger partial charge on any atom is 0.472 e. The summed E-state index contributed by atoms with van der Waals surface area (Å²) >= 11 is 0. The SMILES string of the molecule is CC/C=C\C/C=C\C/C=C\C/C=C\C/C=C\CCCC(=O)O[C@H](COC(=O)CCC[C@H](O)[C@@H](O)C/C=C\C/C=C\C/C=C\C/C=C\CC)COP(=O)(O)OC[C@H](N)C(=O)O. The summed E-state index contributed by atoms with van der Waals surface area (Å²) in [4.78, 5) is 46.0. The van der Waals surface area contributed by atoms with E-state index in [-0.39, 0.29) is 32.1 Å². The highest BCUT2D eigenvalue weighted by atomic mass is 31.2. The average Bonchev–Trinajstić information content (AvgIpc) is 3.22. The van der Waals surface area contributed by atoms with E-state index in [1.165, 1.54) is 0 Å². The Morgan fingerprint density at radius 3 is 1.50 bits per heavy atom. The Hall–Kier alpha value is -3.94. The van der Waals surface area contributed by atoms with Gasteiger partial charge in [-0.05, 0) is 89.9 Å². The van der Waals surface area contributed by atoms with Crippen LogP contribution in [0.5, 0.6) is 0 Å². The summed E-state index contributed by atoms with van der Waals surface area (Å²) < 4.78 is 32.4. The molecule has 0 aliphatic heterocycles. The lowest BCUT2D eigenvalue weighted by atomic mass is 10.0. The van der Waals surface area contributed by atoms with Crippen molar-refractivity contribution in [3.8, 4) is 0 Å². The van der Waals surface area contributed by atoms with Gasteiger partial charge in [-0.2, -0.15) is 0 Å². The number of aliphatic hydroxyl groups is 2. The molecule has 0 fully saturated rings. The molecule has 0 saturated carbocycles. The third kappa shape index (κ3) is 37.1. The number of phosphoric acid groups is 1. The second-order valence-electron chi connectivity index (χ2n) is 13.7. The van der Waals surface area contributed by atoms with Gasteiger partial charge in [-0.3, -0.25) is 23.4 Å². The van der Waals surface area contributed by atoms with Gasteiger partial charge in [0.05, 0.1) is 25.4 Å². The maximum atomic E-state index is 12.6. The van der Waals surface area contributed by atoms with Crippen LogP contribution in [0.15, 0.2) is 109 Å². The third-order valence-corrected chi connectivity index (χ3v) is 9.17. The summed E-state index contributed by atoms with van der Waals surface area (Å²) in [7, 11) is -4.81. The largest absolute Gasteiger partial charge is 0.480 e. The molecule has 0 rings (SSSR count). The van der Waals surface area contributed by atoms with E-state index < -0.39 is 69.9 Å². The molecule has 14 heteroatoms. The van der Waals surface area contributed by atoms with Crippen LogP contribution in [0.4, 0.5) is 0 Å². The Bertz CT molecular complexity index is 1460. The van der Waals surface area contributed by atoms with Crippen molar-refractivity contribution in [3.63, 3.8) is 0 Å². The van der Waals surface area contributed by atoms with Crippen molar-refractivity contribution in [2.45, 2.75) is 141 Å². The number of hydrogen-bond donors (Lipinski definition) is 5. The van der Waals surface area contributed by atoms with Crippen LogP contribution in [0.1, 0.15) is 117 Å². The summed E-state index contributed by atoms with van der Waals surface area (Å²) in [5.41, 5.74) is 5.31. The molecule has 0 amide bonds. The van der Waals surface area contributed by atoms with Gasteiger partial charge in [0.25, 0.3) is 0 Å². The second kappa shape index (κ2) is 39.2. The molecule has 60 heavy (non-hydrogen) atoms. The molecule has 0 radical (unpaired) electrons. The van der Waals surface area contributed by atoms with Gasteiger partial charge < -0.3 is 35.4 Å². The molecule has 0 aromatic carbocycles. The van der Waals surface area contributed by atoms with Crippen molar-refractivity contribution in [2.75, 3.05) is 19.8 Å². The number of aliphatic carboxylic acids is 1. The number of rotatable bonds is 37. The lowest BCUT2D eigenvalue weighted by Crippen LogP contribution is -2.34. The fourth-order valence-electron chi connectivity index (χ4n) is 4.83. The normalized spacial score (nSPS) is 15.8. The van der Waals surface area contributed by atoms with E-state index in [1.807, 2.05) is 24.3 Å². The van der Waals surface area contributed by atoms with Crippen molar-refractivity contribution in [1.29, 1.82) is 0 Å². The minimum absolute atomic E-state index is 0.0145. The first kappa shape index (κ1) is 56.1. The third-order valence-electron chi connectivity index (χ3n) is 8.22. The number of carboxylic acids is 1. The number of hydrogen-bond acceptors (Lipinski definition) is 11. The zero-order valence-electron chi connectivity index (χ0n) is 35.7. The molecular formula is C46H72NO12P. The number of unbranched alkanes of at least 4 members (excludes halogenated alkanes) is 1. The molecule has 0 heterocycles. The van der Waals surface area contributed by atoms with Gasteiger partial charge in [-0.1, -0.05) is 123 Å². The second-order valence-corrected chi connectivity index (χ2v) is 15.1. The molecule has 13 nitrogen and oxygen atoms in total. The lowest BCUT2D eigenvalue weighted by Gasteiger charge is -2.20. The summed E-state index contributed by atoms with van der Waals surface area (Å²) in [6, 6.07) is -1.58. The summed E-state index contributed by atoms with van der Waals surface area (Å²) in [6.45, 7) is 2.19. The van der Waals surface area contributed by atoms with Crippen molar-refractivity contribution in [3.05, 3.63) is 109 Å². The monoisotopic (exact) mass is 861 g/mol. The van der Waals surface area contributed by atoms with Gasteiger partial charge in [0, 0.05) is 12.8 Å². The molecule has 338 valence electrons. The first-order valence-corrected chi connectivity index (χ1v) is 22.6. The zero-order valence-corrected chi connectivity index (χ0v) is 36.6. The van der Waals surface area contributed by atoms with E-state index in [4.69, 9.17) is 24.8 Å². The summed E-state index contributed by atoms with van der Waals surface area (Å²) in [5.74, 6) is -2.80. The molecular weight excluding hydrogens is 789 g/mol. The number of ether oxygens (including phenoxy) is 2. The minimum atomic E-state index is -4.81. The molecule has 0 spiro atoms. The Labute approximate surface area is 358 Å². The van der Waals surface area contributed by atoms with Crippen LogP contribution in [0.25, 0.3) is 0 Å². The molecule has 6 N–H and O–H groups in total. The van der Waals surface area contributed by atoms with E-state index in [0.717, 1.165) is 51.4 Å². The number of allylic oxidation sites excluding steroid dienone is 17. The van der Waals surface area contributed by atoms with Gasteiger partial charge in [0.1, 0.15) is 12.6 Å². The Morgan fingerprint density at radius 2 is 1.02 bits per heavy atom. The van der Waals surface area contributed by atoms with Crippen LogP contribution in [-0.4, -0.2) is 82.3 Å². The molecule has 0 bridgehead atoms. The molecule has 1 unspecified atom stereocenters. The van der Waals surface area contributed by atoms with Gasteiger partial charge in [0.2, 0.25) is 0 Å². The average molecular weight is 862 g/mol. The van der Waals surface area contributed by atoms with Crippen molar-refractivity contribution >= 4 is 25.7 Å². The minimum Gasteiger partial charge on any atom is -0.480 e. The van der Waals surface area contributed by atoms with Crippen molar-refractivity contribution in [2.24, 2.45) is 5.73 Å². The van der Waals surface area contributed by atoms with E-state index in [0.29, 0.717) is 19.3 Å². The fraction of sp³-hybridized carbons (Fsp3) is 0.543. The fourth-order valence-corrected chi connectivity index (χ4v) is 5.61. The van der Waals surface area contributed by atoms with E-state index >= 15 is 0 Å². The van der Waals surface area contributed by atoms with E-state index in [1.54, 1.807) is 6.08 Å². The number of aliphatic hydroxyl groups excluding tert-OH is 2. The highest BCUT2D eigenvalue weighted by Gasteiger charge is 2.28. The lowest BCUT2D eigenvalue weighted by molar-refractivity contribution is -0.161.